The van der Waals surface area contributed by atoms with Crippen molar-refractivity contribution >= 4 is 17.8 Å². The van der Waals surface area contributed by atoms with Gasteiger partial charge in [-0.2, -0.15) is 0 Å². The zero-order valence-electron chi connectivity index (χ0n) is 14.9. The van der Waals surface area contributed by atoms with Gasteiger partial charge in [-0.25, -0.2) is 0 Å². The summed E-state index contributed by atoms with van der Waals surface area (Å²) in [6.45, 7) is 2.13. The summed E-state index contributed by atoms with van der Waals surface area (Å²) in [4.78, 5) is 16.4. The van der Waals surface area contributed by atoms with E-state index in [1.54, 1.807) is 19.3 Å². The Balaban J connectivity index is 1.35. The fourth-order valence-electron chi connectivity index (χ4n) is 2.74. The number of carbonyl (C=O) groups is 1. The molecule has 26 heavy (non-hydrogen) atoms. The molecule has 0 unspecified atom stereocenters. The van der Waals surface area contributed by atoms with E-state index in [1.165, 1.54) is 11.1 Å². The van der Waals surface area contributed by atoms with Crippen molar-refractivity contribution in [2.45, 2.75) is 13.0 Å². The number of amides is 1. The third kappa shape index (κ3) is 4.72. The quantitative estimate of drug-likeness (QED) is 0.597. The summed E-state index contributed by atoms with van der Waals surface area (Å²) in [5.74, 6) is 1.66. The van der Waals surface area contributed by atoms with Crippen molar-refractivity contribution in [2.24, 2.45) is 4.99 Å². The predicted octanol–water partition coefficient (Wildman–Crippen LogP) is 2.76. The first-order valence-electron chi connectivity index (χ1n) is 8.73. The molecule has 0 saturated carbocycles. The lowest BCUT2D eigenvalue weighted by molar-refractivity contribution is -0.116. The van der Waals surface area contributed by atoms with Crippen LogP contribution >= 0.6 is 0 Å². The van der Waals surface area contributed by atoms with Gasteiger partial charge >= 0.3 is 0 Å². The van der Waals surface area contributed by atoms with E-state index in [4.69, 9.17) is 4.74 Å². The fraction of sp³-hybridized carbons (Fsp3) is 0.238. The van der Waals surface area contributed by atoms with E-state index in [9.17, 15) is 4.79 Å². The smallest absolute Gasteiger partial charge is 0.244 e. The predicted molar refractivity (Wildman–Crippen MR) is 104 cm³/mol. The second-order valence-electron chi connectivity index (χ2n) is 6.00. The van der Waals surface area contributed by atoms with Gasteiger partial charge in [0.05, 0.1) is 13.7 Å². The molecule has 2 aromatic carbocycles. The highest BCUT2D eigenvalue weighted by atomic mass is 16.5. The summed E-state index contributed by atoms with van der Waals surface area (Å²) in [5, 5.41) is 6.24. The molecule has 2 aromatic rings. The topological polar surface area (TPSA) is 62.7 Å². The molecule has 5 nitrogen and oxygen atoms in total. The molecule has 5 heteroatoms. The maximum absolute atomic E-state index is 11.9. The molecule has 0 aromatic heterocycles. The van der Waals surface area contributed by atoms with Crippen molar-refractivity contribution in [1.82, 2.24) is 10.6 Å². The lowest BCUT2D eigenvalue weighted by Gasteiger charge is -2.07. The Morgan fingerprint density at radius 1 is 1.15 bits per heavy atom. The van der Waals surface area contributed by atoms with E-state index in [0.29, 0.717) is 6.54 Å². The van der Waals surface area contributed by atoms with Crippen molar-refractivity contribution in [2.75, 3.05) is 20.2 Å². The van der Waals surface area contributed by atoms with Crippen LogP contribution < -0.4 is 15.4 Å². The molecule has 1 aliphatic heterocycles. The van der Waals surface area contributed by atoms with Crippen molar-refractivity contribution in [3.05, 3.63) is 71.3 Å². The van der Waals surface area contributed by atoms with Crippen LogP contribution in [0.5, 0.6) is 5.75 Å². The third-order valence-corrected chi connectivity index (χ3v) is 4.17. The molecule has 0 aliphatic carbocycles. The van der Waals surface area contributed by atoms with Crippen LogP contribution in [0, 0.1) is 0 Å². The molecule has 1 heterocycles. The molecular formula is C21H23N3O2. The van der Waals surface area contributed by atoms with Gasteiger partial charge in [0.25, 0.3) is 0 Å². The van der Waals surface area contributed by atoms with Crippen LogP contribution in [-0.4, -0.2) is 31.9 Å². The Morgan fingerprint density at radius 2 is 1.96 bits per heavy atom. The third-order valence-electron chi connectivity index (χ3n) is 4.17. The highest BCUT2D eigenvalue weighted by Gasteiger charge is 2.13. The summed E-state index contributed by atoms with van der Waals surface area (Å²) in [6, 6.07) is 15.8. The first kappa shape index (κ1) is 17.7. The lowest BCUT2D eigenvalue weighted by atomic mass is 10.1. The maximum atomic E-state index is 11.9. The molecule has 0 bridgehead atoms. The molecule has 2 N–H and O–H groups in total. The number of ether oxygens (including phenoxy) is 1. The summed E-state index contributed by atoms with van der Waals surface area (Å²) >= 11 is 0. The molecule has 0 spiro atoms. The summed E-state index contributed by atoms with van der Waals surface area (Å²) in [7, 11) is 1.63. The molecule has 0 atom stereocenters. The maximum Gasteiger partial charge on any atom is 0.244 e. The van der Waals surface area contributed by atoms with Crippen LogP contribution in [-0.2, 0) is 11.3 Å². The molecule has 0 fully saturated rings. The lowest BCUT2D eigenvalue weighted by Crippen LogP contribution is -2.29. The monoisotopic (exact) mass is 349 g/mol. The minimum atomic E-state index is -0.0932. The van der Waals surface area contributed by atoms with Crippen molar-refractivity contribution in [1.29, 1.82) is 0 Å². The van der Waals surface area contributed by atoms with Gasteiger partial charge in [-0.05, 0) is 35.8 Å². The SMILES string of the molecule is COc1ccc(/C=C/C(=O)NCCCNC2=NCc3ccccc32)cc1. The number of benzene rings is 2. The second kappa shape index (κ2) is 8.85. The van der Waals surface area contributed by atoms with Gasteiger partial charge in [0.15, 0.2) is 0 Å². The molecule has 0 radical (unpaired) electrons. The van der Waals surface area contributed by atoms with E-state index in [2.05, 4.69) is 27.8 Å². The van der Waals surface area contributed by atoms with Gasteiger partial charge in [-0.3, -0.25) is 9.79 Å². The highest BCUT2D eigenvalue weighted by molar-refractivity contribution is 6.01. The van der Waals surface area contributed by atoms with Crippen LogP contribution in [0.3, 0.4) is 0 Å². The zero-order valence-corrected chi connectivity index (χ0v) is 14.9. The first-order chi connectivity index (χ1) is 12.8. The van der Waals surface area contributed by atoms with Crippen LogP contribution in [0.4, 0.5) is 0 Å². The van der Waals surface area contributed by atoms with Crippen molar-refractivity contribution in [3.8, 4) is 5.75 Å². The average molecular weight is 349 g/mol. The standard InChI is InChI=1S/C21H23N3O2/c1-26-18-10-7-16(8-11-18)9-12-20(25)22-13-4-14-23-21-19-6-3-2-5-17(19)15-24-21/h2-3,5-12H,4,13-15H2,1H3,(H,22,25)(H,23,24)/b12-9+. The van der Waals surface area contributed by atoms with Gasteiger partial charge in [0.1, 0.15) is 11.6 Å². The van der Waals surface area contributed by atoms with E-state index >= 15 is 0 Å². The number of hydrogen-bond acceptors (Lipinski definition) is 4. The van der Waals surface area contributed by atoms with Crippen LogP contribution in [0.25, 0.3) is 6.08 Å². The van der Waals surface area contributed by atoms with Crippen molar-refractivity contribution in [3.63, 3.8) is 0 Å². The number of carbonyl (C=O) groups excluding carboxylic acids is 1. The van der Waals surface area contributed by atoms with E-state index in [0.717, 1.165) is 36.7 Å². The zero-order chi connectivity index (χ0) is 18.2. The fourth-order valence-corrected chi connectivity index (χ4v) is 2.74. The van der Waals surface area contributed by atoms with Crippen LogP contribution in [0.15, 0.2) is 59.6 Å². The van der Waals surface area contributed by atoms with Crippen LogP contribution in [0.2, 0.25) is 0 Å². The second-order valence-corrected chi connectivity index (χ2v) is 6.00. The number of amidine groups is 1. The van der Waals surface area contributed by atoms with Gasteiger partial charge in [0, 0.05) is 24.7 Å². The molecule has 0 saturated heterocycles. The van der Waals surface area contributed by atoms with Crippen LogP contribution in [0.1, 0.15) is 23.1 Å². The van der Waals surface area contributed by atoms with E-state index < -0.39 is 0 Å². The van der Waals surface area contributed by atoms with E-state index in [-0.39, 0.29) is 5.91 Å². The number of nitrogens with one attached hydrogen (secondary N) is 2. The highest BCUT2D eigenvalue weighted by Crippen LogP contribution is 2.16. The largest absolute Gasteiger partial charge is 0.497 e. The Bertz CT molecular complexity index is 810. The summed E-state index contributed by atoms with van der Waals surface area (Å²) in [5.41, 5.74) is 3.39. The van der Waals surface area contributed by atoms with E-state index in [1.807, 2.05) is 36.4 Å². The summed E-state index contributed by atoms with van der Waals surface area (Å²) < 4.78 is 5.11. The number of nitrogens with zero attached hydrogens (tertiary/aromatic N) is 1. The Morgan fingerprint density at radius 3 is 2.77 bits per heavy atom. The number of fused-ring (bicyclic) bond motifs is 1. The van der Waals surface area contributed by atoms with Gasteiger partial charge in [0.2, 0.25) is 5.91 Å². The average Bonchev–Trinajstić information content (AvgIpc) is 3.10. The van der Waals surface area contributed by atoms with Gasteiger partial charge in [-0.1, -0.05) is 36.4 Å². The minimum Gasteiger partial charge on any atom is -0.497 e. The Labute approximate surface area is 153 Å². The number of methoxy groups -OCH3 is 1. The Kier molecular flexibility index (Phi) is 6.04. The van der Waals surface area contributed by atoms with Gasteiger partial charge < -0.3 is 15.4 Å². The van der Waals surface area contributed by atoms with Gasteiger partial charge in [-0.15, -0.1) is 0 Å². The minimum absolute atomic E-state index is 0.0932. The molecular weight excluding hydrogens is 326 g/mol. The number of hydrogen-bond donors (Lipinski definition) is 2. The van der Waals surface area contributed by atoms with Crippen molar-refractivity contribution < 1.29 is 9.53 Å². The molecule has 3 rings (SSSR count). The normalized spacial score (nSPS) is 12.6. The summed E-state index contributed by atoms with van der Waals surface area (Å²) in [6.07, 6.45) is 4.17. The first-order valence-corrected chi connectivity index (χ1v) is 8.73. The Hall–Kier alpha value is -3.08. The molecule has 134 valence electrons. The number of aliphatic imine (C=N–C) groups is 1. The molecule has 1 amide bonds. The molecule has 1 aliphatic rings. The number of rotatable bonds is 7.